The number of carbonyl (C=O) groups excluding carboxylic acids is 2. The second-order valence-corrected chi connectivity index (χ2v) is 10.6. The minimum Gasteiger partial charge on any atom is -0.462 e. The summed E-state index contributed by atoms with van der Waals surface area (Å²) < 4.78 is 5.68. The molecule has 0 saturated heterocycles. The maximum Gasteiger partial charge on any atom is 0.302 e. The quantitative estimate of drug-likeness (QED) is 0.703. The Bertz CT molecular complexity index is 707. The number of hydrogen-bond donors (Lipinski definition) is 1. The van der Waals surface area contributed by atoms with E-state index in [9.17, 15) is 14.7 Å². The highest BCUT2D eigenvalue weighted by Gasteiger charge is 2.63. The first-order valence-electron chi connectivity index (χ1n) is 10.6. The molecule has 0 aliphatic heterocycles. The zero-order valence-electron chi connectivity index (χ0n) is 17.4. The van der Waals surface area contributed by atoms with E-state index in [1.807, 2.05) is 6.08 Å². The van der Waals surface area contributed by atoms with Gasteiger partial charge in [0.05, 0.1) is 6.10 Å². The fourth-order valence-electron chi connectivity index (χ4n) is 7.42. The van der Waals surface area contributed by atoms with Gasteiger partial charge in [-0.15, -0.1) is 0 Å². The molecule has 0 aromatic heterocycles. The van der Waals surface area contributed by atoms with Crippen molar-refractivity contribution < 1.29 is 19.4 Å². The Morgan fingerprint density at radius 2 is 1.78 bits per heavy atom. The van der Waals surface area contributed by atoms with Gasteiger partial charge in [-0.1, -0.05) is 33.3 Å². The largest absolute Gasteiger partial charge is 0.462 e. The van der Waals surface area contributed by atoms with Crippen molar-refractivity contribution in [2.45, 2.75) is 85.4 Å². The van der Waals surface area contributed by atoms with Crippen LogP contribution in [0.4, 0.5) is 0 Å². The predicted octanol–water partition coefficient (Wildman–Crippen LogP) is 4.06. The van der Waals surface area contributed by atoms with Gasteiger partial charge in [-0.2, -0.15) is 0 Å². The van der Waals surface area contributed by atoms with E-state index in [1.165, 1.54) is 6.92 Å². The van der Waals surface area contributed by atoms with Gasteiger partial charge in [-0.05, 0) is 61.9 Å². The van der Waals surface area contributed by atoms with Gasteiger partial charge in [-0.3, -0.25) is 9.59 Å². The number of aliphatic hydroxyl groups is 1. The number of ketones is 1. The van der Waals surface area contributed by atoms with Crippen LogP contribution in [0.1, 0.15) is 73.1 Å². The Labute approximate surface area is 162 Å². The first-order chi connectivity index (χ1) is 12.5. The molecule has 7 atom stereocenters. The Morgan fingerprint density at radius 3 is 2.44 bits per heavy atom. The third-order valence-electron chi connectivity index (χ3n) is 9.00. The second kappa shape index (κ2) is 5.92. The van der Waals surface area contributed by atoms with Crippen LogP contribution in [0.5, 0.6) is 0 Å². The zero-order valence-corrected chi connectivity index (χ0v) is 17.4. The lowest BCUT2D eigenvalue weighted by Crippen LogP contribution is -2.57. The van der Waals surface area contributed by atoms with Gasteiger partial charge >= 0.3 is 5.97 Å². The third-order valence-corrected chi connectivity index (χ3v) is 9.00. The van der Waals surface area contributed by atoms with Gasteiger partial charge in [0.25, 0.3) is 0 Å². The van der Waals surface area contributed by atoms with Gasteiger partial charge < -0.3 is 9.84 Å². The number of esters is 1. The maximum atomic E-state index is 13.4. The van der Waals surface area contributed by atoms with Crippen LogP contribution in [0.3, 0.4) is 0 Å². The molecule has 2 unspecified atom stereocenters. The van der Waals surface area contributed by atoms with Crippen LogP contribution >= 0.6 is 0 Å². The summed E-state index contributed by atoms with van der Waals surface area (Å²) in [6.07, 6.45) is 7.06. The van der Waals surface area contributed by atoms with E-state index in [0.29, 0.717) is 5.92 Å². The van der Waals surface area contributed by atoms with Gasteiger partial charge in [0.15, 0.2) is 5.78 Å². The molecular weight excluding hydrogens is 340 g/mol. The van der Waals surface area contributed by atoms with Gasteiger partial charge in [0.1, 0.15) is 6.10 Å². The Balaban J connectivity index is 1.73. The van der Waals surface area contributed by atoms with Crippen molar-refractivity contribution in [1.29, 1.82) is 0 Å². The summed E-state index contributed by atoms with van der Waals surface area (Å²) in [5.41, 5.74) is 0.721. The van der Waals surface area contributed by atoms with Crippen LogP contribution in [0, 0.1) is 34.0 Å². The molecule has 4 aliphatic rings. The first kappa shape index (κ1) is 19.2. The van der Waals surface area contributed by atoms with E-state index in [2.05, 4.69) is 27.7 Å². The van der Waals surface area contributed by atoms with Crippen molar-refractivity contribution in [2.24, 2.45) is 34.0 Å². The molecule has 0 radical (unpaired) electrons. The maximum absolute atomic E-state index is 13.4. The van der Waals surface area contributed by atoms with Gasteiger partial charge in [0.2, 0.25) is 0 Å². The molecule has 4 nitrogen and oxygen atoms in total. The Morgan fingerprint density at radius 1 is 1.07 bits per heavy atom. The van der Waals surface area contributed by atoms with Crippen molar-refractivity contribution in [2.75, 3.05) is 0 Å². The molecule has 0 amide bonds. The van der Waals surface area contributed by atoms with Crippen LogP contribution < -0.4 is 0 Å². The van der Waals surface area contributed by atoms with Crippen molar-refractivity contribution in [3.05, 3.63) is 11.6 Å². The molecule has 0 spiro atoms. The van der Waals surface area contributed by atoms with E-state index in [1.54, 1.807) is 0 Å². The highest BCUT2D eigenvalue weighted by Crippen LogP contribution is 2.66. The minimum absolute atomic E-state index is 0.0117. The third kappa shape index (κ3) is 2.51. The molecular formula is C23H34O4. The number of carbonyl (C=O) groups is 2. The fourth-order valence-corrected chi connectivity index (χ4v) is 7.42. The lowest BCUT2D eigenvalue weighted by Gasteiger charge is -2.60. The normalized spacial score (nSPS) is 48.1. The number of fused-ring (bicyclic) bond motifs is 5. The summed E-state index contributed by atoms with van der Waals surface area (Å²) in [4.78, 5) is 25.0. The molecule has 0 aromatic rings. The topological polar surface area (TPSA) is 63.6 Å². The van der Waals surface area contributed by atoms with Gasteiger partial charge in [-0.25, -0.2) is 0 Å². The van der Waals surface area contributed by atoms with Crippen LogP contribution in [0.2, 0.25) is 0 Å². The Kier molecular flexibility index (Phi) is 4.20. The molecule has 1 N–H and O–H groups in total. The summed E-state index contributed by atoms with van der Waals surface area (Å²) in [5, 5.41) is 10.6. The summed E-state index contributed by atoms with van der Waals surface area (Å²) in [5.74, 6) is 0.692. The molecule has 0 aromatic carbocycles. The van der Waals surface area contributed by atoms with Crippen LogP contribution in [-0.4, -0.2) is 29.1 Å². The zero-order chi connectivity index (χ0) is 19.8. The number of hydrogen-bond acceptors (Lipinski definition) is 4. The molecule has 4 rings (SSSR count). The lowest BCUT2D eigenvalue weighted by atomic mass is 9.44. The molecule has 4 heteroatoms. The monoisotopic (exact) mass is 374 g/mol. The summed E-state index contributed by atoms with van der Waals surface area (Å²) >= 11 is 0. The van der Waals surface area contributed by atoms with E-state index in [4.69, 9.17) is 4.74 Å². The smallest absolute Gasteiger partial charge is 0.302 e. The SMILES string of the molecule is CC(=O)OC1CC[C@H]2[C@@H]3C(=O)C=C4C(C)(C)C(O)CC[C@]4(C)[C@H]3CC[C@]12C. The van der Waals surface area contributed by atoms with E-state index in [-0.39, 0.29) is 52.0 Å². The van der Waals surface area contributed by atoms with Crippen LogP contribution in [0.25, 0.3) is 0 Å². The number of rotatable bonds is 1. The van der Waals surface area contributed by atoms with Crippen molar-refractivity contribution in [3.63, 3.8) is 0 Å². The van der Waals surface area contributed by atoms with Crippen molar-refractivity contribution in [1.82, 2.24) is 0 Å². The summed E-state index contributed by atoms with van der Waals surface area (Å²) in [6, 6.07) is 0. The average Bonchev–Trinajstić information content (AvgIpc) is 2.90. The lowest BCUT2D eigenvalue weighted by molar-refractivity contribution is -0.159. The van der Waals surface area contributed by atoms with E-state index >= 15 is 0 Å². The van der Waals surface area contributed by atoms with Crippen molar-refractivity contribution in [3.8, 4) is 0 Å². The fraction of sp³-hybridized carbons (Fsp3) is 0.826. The summed E-state index contributed by atoms with van der Waals surface area (Å²) in [6.45, 7) is 10.2. The number of ether oxygens (including phenoxy) is 1. The molecule has 150 valence electrons. The molecule has 3 fully saturated rings. The number of aliphatic hydroxyl groups excluding tert-OH is 1. The molecule has 3 saturated carbocycles. The molecule has 0 heterocycles. The Hall–Kier alpha value is -1.16. The molecule has 4 aliphatic carbocycles. The highest BCUT2D eigenvalue weighted by atomic mass is 16.5. The van der Waals surface area contributed by atoms with Gasteiger partial charge in [0, 0.05) is 23.7 Å². The van der Waals surface area contributed by atoms with E-state index in [0.717, 1.165) is 44.1 Å². The van der Waals surface area contributed by atoms with E-state index < -0.39 is 0 Å². The van der Waals surface area contributed by atoms with Crippen molar-refractivity contribution >= 4 is 11.8 Å². The molecule has 0 bridgehead atoms. The second-order valence-electron chi connectivity index (χ2n) is 10.6. The standard InChI is InChI=1S/C23H34O4/c1-13(24)27-19-7-6-14-20-15(8-10-23(14,19)5)22(4)11-9-18(26)21(2,3)17(22)12-16(20)25/h12,14-15,18-20,26H,6-11H2,1-5H3/t14-,15-,18?,19?,20-,22+,23-/m0/s1. The molecule has 27 heavy (non-hydrogen) atoms. The predicted molar refractivity (Wildman–Crippen MR) is 103 cm³/mol. The van der Waals surface area contributed by atoms with Crippen LogP contribution in [-0.2, 0) is 14.3 Å². The minimum atomic E-state index is -0.380. The highest BCUT2D eigenvalue weighted by molar-refractivity contribution is 5.95. The average molecular weight is 375 g/mol. The first-order valence-corrected chi connectivity index (χ1v) is 10.6. The van der Waals surface area contributed by atoms with Crippen LogP contribution in [0.15, 0.2) is 11.6 Å². The number of allylic oxidation sites excluding steroid dienone is 1. The summed E-state index contributed by atoms with van der Waals surface area (Å²) in [7, 11) is 0.